The molecule has 0 spiro atoms. The third-order valence-electron chi connectivity index (χ3n) is 2.19. The lowest BCUT2D eigenvalue weighted by atomic mass is 10.3. The number of amides is 1. The molecule has 1 amide bonds. The number of nitrogens with one attached hydrogen (secondary N) is 1. The van der Waals surface area contributed by atoms with Gasteiger partial charge in [0.2, 0.25) is 5.91 Å². The molecule has 0 bridgehead atoms. The number of likely N-dealkylation sites (N-methyl/N-ethyl adjacent to an activating group) is 1. The zero-order chi connectivity index (χ0) is 11.4. The zero-order valence-corrected chi connectivity index (χ0v) is 10.9. The van der Waals surface area contributed by atoms with Crippen molar-refractivity contribution in [3.63, 3.8) is 0 Å². The summed E-state index contributed by atoms with van der Waals surface area (Å²) in [6, 6.07) is 3.63. The van der Waals surface area contributed by atoms with Crippen molar-refractivity contribution in [2.45, 2.75) is 26.4 Å². The first kappa shape index (κ1) is 15.0. The molecule has 1 N–H and O–H groups in total. The molecule has 1 rings (SSSR count). The molecule has 1 atom stereocenters. The second-order valence-corrected chi connectivity index (χ2v) is 3.85. The topological polar surface area (TPSA) is 45.5 Å². The first-order chi connectivity index (χ1) is 7.00. The van der Waals surface area contributed by atoms with E-state index in [1.54, 1.807) is 19.0 Å². The Labute approximate surface area is 102 Å². The monoisotopic (exact) mass is 246 g/mol. The van der Waals surface area contributed by atoms with Gasteiger partial charge in [0.05, 0.1) is 12.6 Å². The quantitative estimate of drug-likeness (QED) is 0.877. The molecule has 16 heavy (non-hydrogen) atoms. The van der Waals surface area contributed by atoms with Crippen LogP contribution >= 0.6 is 12.4 Å². The summed E-state index contributed by atoms with van der Waals surface area (Å²) in [5.41, 5.74) is 0. The third kappa shape index (κ3) is 4.24. The van der Waals surface area contributed by atoms with E-state index in [4.69, 9.17) is 4.42 Å². The average molecular weight is 247 g/mol. The highest BCUT2D eigenvalue weighted by molar-refractivity contribution is 5.85. The van der Waals surface area contributed by atoms with Crippen LogP contribution in [0, 0.1) is 6.92 Å². The van der Waals surface area contributed by atoms with E-state index in [9.17, 15) is 4.79 Å². The minimum Gasteiger partial charge on any atom is -0.465 e. The SMILES string of the molecule is Cc1ccc(CN[C@H](C)C(=O)N(C)C)o1.Cl. The van der Waals surface area contributed by atoms with Crippen LogP contribution in [0.5, 0.6) is 0 Å². The second-order valence-electron chi connectivity index (χ2n) is 3.85. The Morgan fingerprint density at radius 1 is 1.50 bits per heavy atom. The number of aryl methyl sites for hydroxylation is 1. The predicted octanol–water partition coefficient (Wildman–Crippen LogP) is 1.58. The van der Waals surface area contributed by atoms with Crippen LogP contribution in [0.15, 0.2) is 16.5 Å². The number of nitrogens with zero attached hydrogens (tertiary/aromatic N) is 1. The number of rotatable bonds is 4. The maximum absolute atomic E-state index is 11.5. The van der Waals surface area contributed by atoms with Crippen LogP contribution in [0.3, 0.4) is 0 Å². The molecule has 0 aliphatic heterocycles. The van der Waals surface area contributed by atoms with E-state index in [1.165, 1.54) is 0 Å². The highest BCUT2D eigenvalue weighted by Crippen LogP contribution is 2.05. The van der Waals surface area contributed by atoms with Crippen LogP contribution in [-0.4, -0.2) is 30.9 Å². The fourth-order valence-corrected chi connectivity index (χ4v) is 1.31. The molecule has 0 unspecified atom stereocenters. The lowest BCUT2D eigenvalue weighted by Gasteiger charge is -2.17. The smallest absolute Gasteiger partial charge is 0.238 e. The van der Waals surface area contributed by atoms with E-state index in [0.29, 0.717) is 6.54 Å². The molecule has 1 aromatic heterocycles. The van der Waals surface area contributed by atoms with Crippen molar-refractivity contribution in [1.82, 2.24) is 10.2 Å². The van der Waals surface area contributed by atoms with E-state index in [2.05, 4.69) is 5.32 Å². The average Bonchev–Trinajstić information content (AvgIpc) is 2.59. The first-order valence-corrected chi connectivity index (χ1v) is 5.00. The predicted molar refractivity (Wildman–Crippen MR) is 65.7 cm³/mol. The Hall–Kier alpha value is -1.00. The van der Waals surface area contributed by atoms with Gasteiger partial charge in [-0.25, -0.2) is 0 Å². The van der Waals surface area contributed by atoms with Crippen molar-refractivity contribution in [3.8, 4) is 0 Å². The summed E-state index contributed by atoms with van der Waals surface area (Å²) in [5, 5.41) is 3.11. The lowest BCUT2D eigenvalue weighted by Crippen LogP contribution is -2.41. The summed E-state index contributed by atoms with van der Waals surface area (Å²) in [6.07, 6.45) is 0. The minimum atomic E-state index is -0.189. The van der Waals surface area contributed by atoms with E-state index in [1.807, 2.05) is 26.0 Å². The van der Waals surface area contributed by atoms with E-state index >= 15 is 0 Å². The molecule has 1 aromatic rings. The van der Waals surface area contributed by atoms with Gasteiger partial charge in [0.25, 0.3) is 0 Å². The molecule has 0 saturated heterocycles. The van der Waals surface area contributed by atoms with Crippen molar-refractivity contribution < 1.29 is 9.21 Å². The van der Waals surface area contributed by atoms with Crippen LogP contribution < -0.4 is 5.32 Å². The number of hydrogen-bond donors (Lipinski definition) is 1. The van der Waals surface area contributed by atoms with Gasteiger partial charge in [-0.1, -0.05) is 0 Å². The number of hydrogen-bond acceptors (Lipinski definition) is 3. The molecule has 5 heteroatoms. The Morgan fingerprint density at radius 2 is 2.12 bits per heavy atom. The molecule has 1 heterocycles. The van der Waals surface area contributed by atoms with Crippen molar-refractivity contribution >= 4 is 18.3 Å². The zero-order valence-electron chi connectivity index (χ0n) is 10.1. The third-order valence-corrected chi connectivity index (χ3v) is 2.19. The van der Waals surface area contributed by atoms with Gasteiger partial charge < -0.3 is 9.32 Å². The molecule has 4 nitrogen and oxygen atoms in total. The van der Waals surface area contributed by atoms with Crippen LogP contribution in [0.2, 0.25) is 0 Å². The summed E-state index contributed by atoms with van der Waals surface area (Å²) in [7, 11) is 3.50. The van der Waals surface area contributed by atoms with E-state index in [-0.39, 0.29) is 24.4 Å². The summed E-state index contributed by atoms with van der Waals surface area (Å²) in [4.78, 5) is 13.1. The molecule has 92 valence electrons. The van der Waals surface area contributed by atoms with Gasteiger partial charge >= 0.3 is 0 Å². The number of halogens is 1. The standard InChI is InChI=1S/C11H18N2O2.ClH/c1-8-5-6-10(15-8)7-12-9(2)11(14)13(3)4;/h5-6,9,12H,7H2,1-4H3;1H/t9-;/m1./s1. The van der Waals surface area contributed by atoms with Crippen molar-refractivity contribution in [2.75, 3.05) is 14.1 Å². The molecule has 0 aromatic carbocycles. The Balaban J connectivity index is 0.00000225. The Bertz CT molecular complexity index is 336. The van der Waals surface area contributed by atoms with Crippen LogP contribution in [0.25, 0.3) is 0 Å². The first-order valence-electron chi connectivity index (χ1n) is 5.00. The normalized spacial score (nSPS) is 11.8. The van der Waals surface area contributed by atoms with Crippen molar-refractivity contribution in [2.24, 2.45) is 0 Å². The van der Waals surface area contributed by atoms with Gasteiger partial charge in [-0.2, -0.15) is 0 Å². The fourth-order valence-electron chi connectivity index (χ4n) is 1.31. The summed E-state index contributed by atoms with van der Waals surface area (Å²) in [5.74, 6) is 1.81. The number of carbonyl (C=O) groups excluding carboxylic acids is 1. The summed E-state index contributed by atoms with van der Waals surface area (Å²) in [6.45, 7) is 4.32. The van der Waals surface area contributed by atoms with Gasteiger partial charge in [-0.15, -0.1) is 12.4 Å². The fraction of sp³-hybridized carbons (Fsp3) is 0.545. The highest BCUT2D eigenvalue weighted by atomic mass is 35.5. The van der Waals surface area contributed by atoms with Gasteiger partial charge in [0.15, 0.2) is 0 Å². The molecule has 0 aliphatic rings. The maximum Gasteiger partial charge on any atom is 0.238 e. The minimum absolute atomic E-state index is 0. The van der Waals surface area contributed by atoms with E-state index in [0.717, 1.165) is 11.5 Å². The second kappa shape index (κ2) is 6.55. The summed E-state index contributed by atoms with van der Waals surface area (Å²) >= 11 is 0. The highest BCUT2D eigenvalue weighted by Gasteiger charge is 2.14. The molecular formula is C11H19ClN2O2. The molecule has 0 aliphatic carbocycles. The van der Waals surface area contributed by atoms with Crippen LogP contribution in [0.1, 0.15) is 18.4 Å². The number of carbonyl (C=O) groups is 1. The summed E-state index contributed by atoms with van der Waals surface area (Å²) < 4.78 is 5.39. The molecule has 0 radical (unpaired) electrons. The lowest BCUT2D eigenvalue weighted by molar-refractivity contribution is -0.130. The van der Waals surface area contributed by atoms with Crippen LogP contribution in [0.4, 0.5) is 0 Å². The Kier molecular flexibility index (Phi) is 6.14. The van der Waals surface area contributed by atoms with Gasteiger partial charge in [0, 0.05) is 14.1 Å². The van der Waals surface area contributed by atoms with Gasteiger partial charge in [-0.05, 0) is 26.0 Å². The largest absolute Gasteiger partial charge is 0.465 e. The van der Waals surface area contributed by atoms with E-state index < -0.39 is 0 Å². The van der Waals surface area contributed by atoms with Crippen molar-refractivity contribution in [3.05, 3.63) is 23.7 Å². The Morgan fingerprint density at radius 3 is 2.56 bits per heavy atom. The maximum atomic E-state index is 11.5. The van der Waals surface area contributed by atoms with Crippen molar-refractivity contribution in [1.29, 1.82) is 0 Å². The van der Waals surface area contributed by atoms with Gasteiger partial charge in [-0.3, -0.25) is 10.1 Å². The van der Waals surface area contributed by atoms with Crippen LogP contribution in [-0.2, 0) is 11.3 Å². The molecule has 0 fully saturated rings. The van der Waals surface area contributed by atoms with Gasteiger partial charge in [0.1, 0.15) is 11.5 Å². The molecule has 0 saturated carbocycles. The molecular weight excluding hydrogens is 228 g/mol. The number of furan rings is 1.